The van der Waals surface area contributed by atoms with Gasteiger partial charge in [-0.05, 0) is 57.5 Å². The van der Waals surface area contributed by atoms with Crippen molar-refractivity contribution in [3.05, 3.63) is 29.8 Å². The van der Waals surface area contributed by atoms with Crippen molar-refractivity contribution in [3.63, 3.8) is 0 Å². The molecule has 5 nitrogen and oxygen atoms in total. The number of nitrogens with one attached hydrogen (secondary N) is 2. The Hall–Kier alpha value is -1.16. The zero-order valence-electron chi connectivity index (χ0n) is 16.0. The van der Waals surface area contributed by atoms with E-state index in [1.54, 1.807) is 7.05 Å². The van der Waals surface area contributed by atoms with Gasteiger partial charge < -0.3 is 20.4 Å². The summed E-state index contributed by atoms with van der Waals surface area (Å²) in [6, 6.07) is 3.96. The number of hydrogen-bond donors (Lipinski definition) is 2. The first kappa shape index (κ1) is 22.1. The molecule has 2 saturated heterocycles. The maximum atomic E-state index is 14.0. The van der Waals surface area contributed by atoms with E-state index in [0.29, 0.717) is 18.2 Å². The molecule has 1 unspecified atom stereocenters. The molecule has 2 heterocycles. The molecule has 27 heavy (non-hydrogen) atoms. The van der Waals surface area contributed by atoms with Crippen LogP contribution in [-0.4, -0.2) is 63.7 Å². The van der Waals surface area contributed by atoms with Crippen LogP contribution in [0.25, 0.3) is 0 Å². The average molecular weight is 493 g/mol. The van der Waals surface area contributed by atoms with E-state index in [4.69, 9.17) is 0 Å². The Labute approximate surface area is 177 Å². The average Bonchev–Trinajstić information content (AvgIpc) is 3.08. The van der Waals surface area contributed by atoms with Crippen molar-refractivity contribution in [1.82, 2.24) is 15.5 Å². The summed E-state index contributed by atoms with van der Waals surface area (Å²) < 4.78 is 27.1. The summed E-state index contributed by atoms with van der Waals surface area (Å²) >= 11 is 0. The number of aliphatic imine (C=N–C) groups is 1. The van der Waals surface area contributed by atoms with Gasteiger partial charge in [-0.15, -0.1) is 24.0 Å². The Morgan fingerprint density at radius 2 is 1.93 bits per heavy atom. The minimum absolute atomic E-state index is 0. The second-order valence-electron chi connectivity index (χ2n) is 7.37. The van der Waals surface area contributed by atoms with Crippen LogP contribution in [0.15, 0.2) is 23.2 Å². The van der Waals surface area contributed by atoms with Gasteiger partial charge in [-0.1, -0.05) is 0 Å². The molecule has 1 aromatic carbocycles. The monoisotopic (exact) mass is 493 g/mol. The molecule has 152 valence electrons. The molecule has 0 radical (unpaired) electrons. The lowest BCUT2D eigenvalue weighted by atomic mass is 9.97. The van der Waals surface area contributed by atoms with Crippen LogP contribution in [0.4, 0.5) is 14.5 Å². The Kier molecular flexibility index (Phi) is 8.53. The van der Waals surface area contributed by atoms with Crippen LogP contribution in [-0.2, 0) is 0 Å². The molecule has 3 rings (SSSR count). The molecule has 0 aliphatic carbocycles. The van der Waals surface area contributed by atoms with E-state index in [9.17, 15) is 8.78 Å². The molecule has 0 saturated carbocycles. The number of hydrogen-bond acceptors (Lipinski definition) is 3. The van der Waals surface area contributed by atoms with Crippen molar-refractivity contribution in [2.24, 2.45) is 10.9 Å². The van der Waals surface area contributed by atoms with Crippen LogP contribution < -0.4 is 15.5 Å². The third-order valence-corrected chi connectivity index (χ3v) is 5.40. The molecule has 2 N–H and O–H groups in total. The SMILES string of the molecule is CN=C(NCC1CCN(C)CC1)NC1CCN(c2ccc(F)cc2F)C1.I. The first-order valence-corrected chi connectivity index (χ1v) is 9.41. The van der Waals surface area contributed by atoms with Gasteiger partial charge in [0.1, 0.15) is 11.6 Å². The van der Waals surface area contributed by atoms with Crippen molar-refractivity contribution < 1.29 is 8.78 Å². The molecule has 8 heteroatoms. The summed E-state index contributed by atoms with van der Waals surface area (Å²) in [6.07, 6.45) is 3.31. The Balaban J connectivity index is 0.00000261. The number of guanidine groups is 1. The molecule has 0 bridgehead atoms. The zero-order chi connectivity index (χ0) is 18.5. The zero-order valence-corrected chi connectivity index (χ0v) is 18.4. The normalized spacial score (nSPS) is 21.9. The lowest BCUT2D eigenvalue weighted by Crippen LogP contribution is -2.46. The lowest BCUT2D eigenvalue weighted by Gasteiger charge is -2.29. The minimum Gasteiger partial charge on any atom is -0.367 e. The number of benzene rings is 1. The van der Waals surface area contributed by atoms with Gasteiger partial charge in [0.2, 0.25) is 0 Å². The smallest absolute Gasteiger partial charge is 0.191 e. The van der Waals surface area contributed by atoms with Gasteiger partial charge >= 0.3 is 0 Å². The highest BCUT2D eigenvalue weighted by Crippen LogP contribution is 2.24. The van der Waals surface area contributed by atoms with Gasteiger partial charge in [0.15, 0.2) is 5.96 Å². The number of anilines is 1. The fourth-order valence-corrected chi connectivity index (χ4v) is 3.73. The van der Waals surface area contributed by atoms with Crippen molar-refractivity contribution >= 4 is 35.6 Å². The van der Waals surface area contributed by atoms with Gasteiger partial charge in [0.25, 0.3) is 0 Å². The fourth-order valence-electron chi connectivity index (χ4n) is 3.73. The molecule has 0 spiro atoms. The molecule has 0 aromatic heterocycles. The van der Waals surface area contributed by atoms with Crippen LogP contribution in [0, 0.1) is 17.6 Å². The van der Waals surface area contributed by atoms with E-state index in [2.05, 4.69) is 27.6 Å². The number of rotatable bonds is 4. The first-order chi connectivity index (χ1) is 12.5. The van der Waals surface area contributed by atoms with Crippen LogP contribution in [0.1, 0.15) is 19.3 Å². The number of likely N-dealkylation sites (tertiary alicyclic amines) is 1. The van der Waals surface area contributed by atoms with Crippen LogP contribution >= 0.6 is 24.0 Å². The van der Waals surface area contributed by atoms with E-state index in [1.807, 2.05) is 4.90 Å². The van der Waals surface area contributed by atoms with E-state index in [-0.39, 0.29) is 30.0 Å². The van der Waals surface area contributed by atoms with E-state index in [0.717, 1.165) is 44.6 Å². The van der Waals surface area contributed by atoms with Crippen molar-refractivity contribution in [1.29, 1.82) is 0 Å². The second kappa shape index (κ2) is 10.4. The predicted octanol–water partition coefficient (Wildman–Crippen LogP) is 2.67. The third-order valence-electron chi connectivity index (χ3n) is 5.40. The highest BCUT2D eigenvalue weighted by atomic mass is 127. The second-order valence-corrected chi connectivity index (χ2v) is 7.37. The fraction of sp³-hybridized carbons (Fsp3) is 0.632. The lowest BCUT2D eigenvalue weighted by molar-refractivity contribution is 0.220. The van der Waals surface area contributed by atoms with Crippen LogP contribution in [0.5, 0.6) is 0 Å². The molecule has 1 aromatic rings. The molecule has 0 amide bonds. The Morgan fingerprint density at radius 1 is 1.19 bits per heavy atom. The van der Waals surface area contributed by atoms with E-state index in [1.165, 1.54) is 25.0 Å². The Bertz CT molecular complexity index is 635. The summed E-state index contributed by atoms with van der Waals surface area (Å²) in [5.74, 6) is 0.433. The topological polar surface area (TPSA) is 42.9 Å². The van der Waals surface area contributed by atoms with E-state index < -0.39 is 11.6 Å². The predicted molar refractivity (Wildman–Crippen MR) is 117 cm³/mol. The highest BCUT2D eigenvalue weighted by molar-refractivity contribution is 14.0. The van der Waals surface area contributed by atoms with Gasteiger partial charge in [-0.25, -0.2) is 8.78 Å². The largest absolute Gasteiger partial charge is 0.367 e. The van der Waals surface area contributed by atoms with Crippen LogP contribution in [0.2, 0.25) is 0 Å². The standard InChI is InChI=1S/C19H29F2N5.HI/c1-22-19(23-12-14-5-8-25(2)9-6-14)24-16-7-10-26(13-16)18-4-3-15(20)11-17(18)21;/h3-4,11,14,16H,5-10,12-13H2,1-2H3,(H2,22,23,24);1H. The van der Waals surface area contributed by atoms with Crippen molar-refractivity contribution in [2.45, 2.75) is 25.3 Å². The maximum Gasteiger partial charge on any atom is 0.191 e. The summed E-state index contributed by atoms with van der Waals surface area (Å²) in [6.45, 7) is 4.65. The molecule has 2 fully saturated rings. The van der Waals surface area contributed by atoms with Crippen molar-refractivity contribution in [3.8, 4) is 0 Å². The van der Waals surface area contributed by atoms with E-state index >= 15 is 0 Å². The molecular weight excluding hydrogens is 463 g/mol. The van der Waals surface area contributed by atoms with Crippen molar-refractivity contribution in [2.75, 3.05) is 51.7 Å². The van der Waals surface area contributed by atoms with Gasteiger partial charge in [-0.2, -0.15) is 0 Å². The molecular formula is C19H30F2IN5. The summed E-state index contributed by atoms with van der Waals surface area (Å²) in [5.41, 5.74) is 0.463. The summed E-state index contributed by atoms with van der Waals surface area (Å²) in [5, 5.41) is 6.87. The summed E-state index contributed by atoms with van der Waals surface area (Å²) in [7, 11) is 3.94. The third kappa shape index (κ3) is 6.17. The minimum atomic E-state index is -0.543. The van der Waals surface area contributed by atoms with Gasteiger partial charge in [-0.3, -0.25) is 4.99 Å². The van der Waals surface area contributed by atoms with Gasteiger partial charge in [0.05, 0.1) is 5.69 Å². The highest BCUT2D eigenvalue weighted by Gasteiger charge is 2.25. The number of halogens is 3. The molecule has 2 aliphatic rings. The van der Waals surface area contributed by atoms with Crippen LogP contribution in [0.3, 0.4) is 0 Å². The first-order valence-electron chi connectivity index (χ1n) is 9.41. The Morgan fingerprint density at radius 3 is 2.59 bits per heavy atom. The maximum absolute atomic E-state index is 14.0. The summed E-state index contributed by atoms with van der Waals surface area (Å²) in [4.78, 5) is 8.64. The number of nitrogens with zero attached hydrogens (tertiary/aromatic N) is 3. The number of piperidine rings is 1. The van der Waals surface area contributed by atoms with Gasteiger partial charge in [0, 0.05) is 38.8 Å². The molecule has 1 atom stereocenters. The quantitative estimate of drug-likeness (QED) is 0.385. The molecule has 2 aliphatic heterocycles.